The van der Waals surface area contributed by atoms with Crippen molar-refractivity contribution in [1.29, 1.82) is 0 Å². The molecule has 1 aliphatic rings. The van der Waals surface area contributed by atoms with Gasteiger partial charge in [-0.25, -0.2) is 9.37 Å². The molecule has 1 N–H and O–H groups in total. The van der Waals surface area contributed by atoms with Gasteiger partial charge in [0, 0.05) is 12.6 Å². The molecular formula is C22H24FN3O2. The van der Waals surface area contributed by atoms with Crippen LogP contribution in [0.15, 0.2) is 53.3 Å². The maximum atomic E-state index is 13.4. The van der Waals surface area contributed by atoms with Crippen molar-refractivity contribution in [3.05, 3.63) is 70.5 Å². The van der Waals surface area contributed by atoms with Crippen LogP contribution in [0.4, 0.5) is 4.39 Å². The number of benzene rings is 2. The molecule has 5 nitrogen and oxygen atoms in total. The number of halogens is 1. The average Bonchev–Trinajstić information content (AvgIpc) is 2.71. The topological polar surface area (TPSA) is 58.4 Å². The number of para-hydroxylation sites is 1. The highest BCUT2D eigenvalue weighted by atomic mass is 19.1. The Hall–Kier alpha value is -2.57. The first kappa shape index (κ1) is 18.8. The molecule has 0 spiro atoms. The minimum atomic E-state index is -0.341. The molecular weight excluding hydrogens is 357 g/mol. The van der Waals surface area contributed by atoms with Crippen LogP contribution in [0, 0.1) is 11.7 Å². The Morgan fingerprint density at radius 1 is 1.18 bits per heavy atom. The zero-order valence-electron chi connectivity index (χ0n) is 15.9. The monoisotopic (exact) mass is 381 g/mol. The predicted molar refractivity (Wildman–Crippen MR) is 107 cm³/mol. The average molecular weight is 381 g/mol. The predicted octanol–water partition coefficient (Wildman–Crippen LogP) is 3.12. The van der Waals surface area contributed by atoms with Gasteiger partial charge in [-0.05, 0) is 68.6 Å². The molecule has 0 amide bonds. The van der Waals surface area contributed by atoms with E-state index in [4.69, 9.17) is 4.98 Å². The molecule has 28 heavy (non-hydrogen) atoms. The Morgan fingerprint density at radius 3 is 2.64 bits per heavy atom. The molecule has 146 valence electrons. The van der Waals surface area contributed by atoms with Gasteiger partial charge in [0.25, 0.3) is 5.56 Å². The lowest BCUT2D eigenvalue weighted by molar-refractivity contribution is 0.0814. The van der Waals surface area contributed by atoms with Crippen LogP contribution >= 0.6 is 0 Å². The number of aliphatic hydroxyl groups is 1. The van der Waals surface area contributed by atoms with Gasteiger partial charge in [-0.2, -0.15) is 0 Å². The number of hydrogen-bond donors (Lipinski definition) is 1. The number of fused-ring (bicyclic) bond motifs is 1. The molecule has 2 atom stereocenters. The molecule has 0 aliphatic carbocycles. The normalized spacial score (nSPS) is 20.5. The van der Waals surface area contributed by atoms with E-state index in [1.165, 1.54) is 12.1 Å². The second kappa shape index (κ2) is 7.81. The van der Waals surface area contributed by atoms with Gasteiger partial charge < -0.3 is 5.11 Å². The van der Waals surface area contributed by atoms with E-state index >= 15 is 0 Å². The first-order valence-electron chi connectivity index (χ1n) is 9.68. The summed E-state index contributed by atoms with van der Waals surface area (Å²) in [7, 11) is 0. The summed E-state index contributed by atoms with van der Waals surface area (Å²) in [6.45, 7) is 3.73. The van der Waals surface area contributed by atoms with Crippen LogP contribution in [0.25, 0.3) is 16.6 Å². The quantitative estimate of drug-likeness (QED) is 0.754. The molecule has 4 rings (SSSR count). The van der Waals surface area contributed by atoms with E-state index in [1.54, 1.807) is 22.8 Å². The minimum Gasteiger partial charge on any atom is -0.396 e. The Bertz CT molecular complexity index is 1030. The maximum absolute atomic E-state index is 13.4. The first-order chi connectivity index (χ1) is 13.6. The molecule has 2 aromatic carbocycles. The fraction of sp³-hybridized carbons (Fsp3) is 0.364. The minimum absolute atomic E-state index is 0.148. The molecule has 6 heteroatoms. The van der Waals surface area contributed by atoms with E-state index in [-0.39, 0.29) is 24.0 Å². The van der Waals surface area contributed by atoms with Crippen molar-refractivity contribution in [2.75, 3.05) is 13.2 Å². The fourth-order valence-electron chi connectivity index (χ4n) is 4.04. The van der Waals surface area contributed by atoms with E-state index in [1.807, 2.05) is 18.2 Å². The van der Waals surface area contributed by atoms with Crippen LogP contribution < -0.4 is 5.56 Å². The Balaban J connectivity index is 1.79. The van der Waals surface area contributed by atoms with E-state index < -0.39 is 0 Å². The van der Waals surface area contributed by atoms with Crippen molar-refractivity contribution in [2.45, 2.75) is 32.4 Å². The number of rotatable bonds is 4. The zero-order chi connectivity index (χ0) is 19.7. The van der Waals surface area contributed by atoms with Crippen LogP contribution in [0.5, 0.6) is 0 Å². The standard InChI is InChI=1S/C22H24FN3O2/c1-15-12-16(14-27)10-11-25(15)13-21-24-20-5-3-2-4-19(20)22(28)26(21)18-8-6-17(23)7-9-18/h2-9,15-16,27H,10-14H2,1H3/t15-,16-/m0/s1. The van der Waals surface area contributed by atoms with Gasteiger partial charge in [-0.15, -0.1) is 0 Å². The van der Waals surface area contributed by atoms with E-state index in [9.17, 15) is 14.3 Å². The van der Waals surface area contributed by atoms with E-state index in [0.717, 1.165) is 19.4 Å². The van der Waals surface area contributed by atoms with Crippen molar-refractivity contribution in [3.8, 4) is 5.69 Å². The zero-order valence-corrected chi connectivity index (χ0v) is 15.9. The van der Waals surface area contributed by atoms with Gasteiger partial charge in [0.2, 0.25) is 0 Å². The van der Waals surface area contributed by atoms with Crippen molar-refractivity contribution in [2.24, 2.45) is 5.92 Å². The lowest BCUT2D eigenvalue weighted by Crippen LogP contribution is -2.42. The molecule has 3 aromatic rings. The SMILES string of the molecule is C[C@H]1C[C@@H](CO)CCN1Cc1nc2ccccc2c(=O)n1-c1ccc(F)cc1. The van der Waals surface area contributed by atoms with Gasteiger partial charge in [-0.3, -0.25) is 14.3 Å². The maximum Gasteiger partial charge on any atom is 0.266 e. The van der Waals surface area contributed by atoms with Gasteiger partial charge in [-0.1, -0.05) is 12.1 Å². The third kappa shape index (κ3) is 3.57. The Morgan fingerprint density at radius 2 is 1.93 bits per heavy atom. The van der Waals surface area contributed by atoms with Crippen LogP contribution in [0.3, 0.4) is 0 Å². The number of nitrogens with zero attached hydrogens (tertiary/aromatic N) is 3. The van der Waals surface area contributed by atoms with Crippen molar-refractivity contribution < 1.29 is 9.50 Å². The smallest absolute Gasteiger partial charge is 0.266 e. The number of aromatic nitrogens is 2. The van der Waals surface area contributed by atoms with Gasteiger partial charge in [0.05, 0.1) is 23.1 Å². The molecule has 2 heterocycles. The van der Waals surface area contributed by atoms with Gasteiger partial charge in [0.15, 0.2) is 0 Å². The summed E-state index contributed by atoms with van der Waals surface area (Å²) in [4.78, 5) is 20.3. The van der Waals surface area contributed by atoms with Crippen molar-refractivity contribution in [1.82, 2.24) is 14.5 Å². The first-order valence-corrected chi connectivity index (χ1v) is 9.68. The summed E-state index contributed by atoms with van der Waals surface area (Å²) in [5.74, 6) is 0.631. The lowest BCUT2D eigenvalue weighted by Gasteiger charge is -2.37. The van der Waals surface area contributed by atoms with Gasteiger partial charge >= 0.3 is 0 Å². The molecule has 1 aliphatic heterocycles. The molecule has 0 radical (unpaired) electrons. The summed E-state index contributed by atoms with van der Waals surface area (Å²) in [6.07, 6.45) is 1.85. The Kier molecular flexibility index (Phi) is 5.24. The van der Waals surface area contributed by atoms with Crippen LogP contribution in [-0.4, -0.2) is 38.8 Å². The van der Waals surface area contributed by atoms with Crippen LogP contribution in [0.1, 0.15) is 25.6 Å². The lowest BCUT2D eigenvalue weighted by atomic mass is 9.92. The summed E-state index contributed by atoms with van der Waals surface area (Å²) < 4.78 is 15.0. The molecule has 1 saturated heterocycles. The number of aliphatic hydroxyl groups excluding tert-OH is 1. The van der Waals surface area contributed by atoms with Crippen LogP contribution in [-0.2, 0) is 6.54 Å². The second-order valence-electron chi connectivity index (χ2n) is 7.55. The van der Waals surface area contributed by atoms with E-state index in [0.29, 0.717) is 34.9 Å². The fourth-order valence-corrected chi connectivity index (χ4v) is 4.04. The molecule has 0 bridgehead atoms. The summed E-state index contributed by atoms with van der Waals surface area (Å²) >= 11 is 0. The largest absolute Gasteiger partial charge is 0.396 e. The molecule has 0 unspecified atom stereocenters. The molecule has 1 fully saturated rings. The number of likely N-dealkylation sites (tertiary alicyclic amines) is 1. The van der Waals surface area contributed by atoms with Crippen molar-refractivity contribution >= 4 is 10.9 Å². The number of piperidine rings is 1. The third-order valence-electron chi connectivity index (χ3n) is 5.66. The summed E-state index contributed by atoms with van der Waals surface area (Å²) in [5.41, 5.74) is 1.13. The molecule has 1 aromatic heterocycles. The summed E-state index contributed by atoms with van der Waals surface area (Å²) in [6, 6.07) is 13.5. The highest BCUT2D eigenvalue weighted by Gasteiger charge is 2.26. The highest BCUT2D eigenvalue weighted by Crippen LogP contribution is 2.24. The summed E-state index contributed by atoms with van der Waals surface area (Å²) in [5, 5.41) is 9.99. The van der Waals surface area contributed by atoms with Crippen LogP contribution in [0.2, 0.25) is 0 Å². The second-order valence-corrected chi connectivity index (χ2v) is 7.55. The third-order valence-corrected chi connectivity index (χ3v) is 5.66. The number of hydrogen-bond acceptors (Lipinski definition) is 4. The van der Waals surface area contributed by atoms with E-state index in [2.05, 4.69) is 11.8 Å². The van der Waals surface area contributed by atoms with Crippen molar-refractivity contribution in [3.63, 3.8) is 0 Å². The Labute approximate surface area is 163 Å². The van der Waals surface area contributed by atoms with Gasteiger partial charge in [0.1, 0.15) is 11.6 Å². The molecule has 0 saturated carbocycles. The highest BCUT2D eigenvalue weighted by molar-refractivity contribution is 5.77.